The van der Waals surface area contributed by atoms with Crippen LogP contribution in [0.5, 0.6) is 0 Å². The van der Waals surface area contributed by atoms with Gasteiger partial charge in [-0.25, -0.2) is 17.2 Å². The Balaban J connectivity index is 1.80. The maximum atomic E-state index is 13.3. The summed E-state index contributed by atoms with van der Waals surface area (Å²) < 4.78 is 53.1. The third-order valence-corrected chi connectivity index (χ3v) is 6.65. The molecule has 0 unspecified atom stereocenters. The van der Waals surface area contributed by atoms with Gasteiger partial charge < -0.3 is 5.32 Å². The van der Waals surface area contributed by atoms with E-state index in [1.807, 2.05) is 0 Å². The van der Waals surface area contributed by atoms with Gasteiger partial charge in [-0.3, -0.25) is 9.10 Å². The molecule has 1 aromatic heterocycles. The molecule has 1 heterocycles. The Bertz CT molecular complexity index is 1080. The first kappa shape index (κ1) is 20.0. The van der Waals surface area contributed by atoms with E-state index >= 15 is 0 Å². The van der Waals surface area contributed by atoms with Gasteiger partial charge in [0, 0.05) is 19.7 Å². The number of carbonyl (C=O) groups is 1. The van der Waals surface area contributed by atoms with Crippen molar-refractivity contribution in [1.82, 2.24) is 5.32 Å². The Morgan fingerprint density at radius 1 is 1.07 bits per heavy atom. The van der Waals surface area contributed by atoms with Crippen LogP contribution in [0.25, 0.3) is 0 Å². The zero-order valence-electron chi connectivity index (χ0n) is 14.7. The van der Waals surface area contributed by atoms with Crippen LogP contribution in [0.3, 0.4) is 0 Å². The van der Waals surface area contributed by atoms with E-state index in [9.17, 15) is 22.0 Å². The molecular weight excluding hydrogens is 406 g/mol. The van der Waals surface area contributed by atoms with Gasteiger partial charge in [0.05, 0.1) is 10.6 Å². The highest BCUT2D eigenvalue weighted by atomic mass is 32.2. The van der Waals surface area contributed by atoms with E-state index in [2.05, 4.69) is 5.32 Å². The summed E-state index contributed by atoms with van der Waals surface area (Å²) in [5.41, 5.74) is 0.478. The molecule has 3 rings (SSSR count). The standard InChI is InChI=1S/C19H16F2N2O3S2/c1-23(28(25,26)16-5-3-2-4-6-16)17-7-8-27-18(17)19(24)22-12-13-9-14(20)11-15(21)10-13/h2-11H,12H2,1H3,(H,22,24). The predicted octanol–water partition coefficient (Wildman–Crippen LogP) is 3.78. The van der Waals surface area contributed by atoms with E-state index in [1.165, 1.54) is 25.2 Å². The number of rotatable bonds is 6. The number of sulfonamides is 1. The maximum absolute atomic E-state index is 13.3. The smallest absolute Gasteiger partial charge is 0.264 e. The van der Waals surface area contributed by atoms with Crippen molar-refractivity contribution in [3.05, 3.63) is 82.1 Å². The van der Waals surface area contributed by atoms with E-state index in [0.717, 1.165) is 33.8 Å². The SMILES string of the molecule is CN(c1ccsc1C(=O)NCc1cc(F)cc(F)c1)S(=O)(=O)c1ccccc1. The number of carbonyl (C=O) groups excluding carboxylic acids is 1. The Hall–Kier alpha value is -2.78. The highest BCUT2D eigenvalue weighted by Crippen LogP contribution is 2.29. The van der Waals surface area contributed by atoms with Crippen LogP contribution in [0.2, 0.25) is 0 Å². The molecule has 146 valence electrons. The van der Waals surface area contributed by atoms with Gasteiger partial charge in [0.25, 0.3) is 15.9 Å². The summed E-state index contributed by atoms with van der Waals surface area (Å²) in [6.07, 6.45) is 0. The molecular formula is C19H16F2N2O3S2. The van der Waals surface area contributed by atoms with Gasteiger partial charge >= 0.3 is 0 Å². The molecule has 0 saturated heterocycles. The Labute approximate surface area is 165 Å². The molecule has 1 amide bonds. The van der Waals surface area contributed by atoms with Gasteiger partial charge in [-0.15, -0.1) is 11.3 Å². The van der Waals surface area contributed by atoms with Crippen molar-refractivity contribution >= 4 is 33.0 Å². The average Bonchev–Trinajstić information content (AvgIpc) is 3.15. The second-order valence-electron chi connectivity index (χ2n) is 5.88. The Kier molecular flexibility index (Phi) is 5.76. The topological polar surface area (TPSA) is 66.5 Å². The molecule has 9 heteroatoms. The largest absolute Gasteiger partial charge is 0.347 e. The van der Waals surface area contributed by atoms with E-state index in [0.29, 0.717) is 0 Å². The molecule has 2 aromatic carbocycles. The van der Waals surface area contributed by atoms with Crippen LogP contribution >= 0.6 is 11.3 Å². The number of thiophene rings is 1. The summed E-state index contributed by atoms with van der Waals surface area (Å²) >= 11 is 1.07. The molecule has 0 radical (unpaired) electrons. The first-order chi connectivity index (χ1) is 13.3. The molecule has 0 atom stereocenters. The zero-order chi connectivity index (χ0) is 20.3. The van der Waals surface area contributed by atoms with Crippen molar-refractivity contribution in [1.29, 1.82) is 0 Å². The fourth-order valence-electron chi connectivity index (χ4n) is 2.58. The summed E-state index contributed by atoms with van der Waals surface area (Å²) in [6, 6.07) is 12.4. The van der Waals surface area contributed by atoms with Gasteiger partial charge in [-0.2, -0.15) is 0 Å². The van der Waals surface area contributed by atoms with Crippen LogP contribution in [-0.4, -0.2) is 21.4 Å². The maximum Gasteiger partial charge on any atom is 0.264 e. The van der Waals surface area contributed by atoms with E-state index in [-0.39, 0.29) is 27.6 Å². The van der Waals surface area contributed by atoms with Crippen molar-refractivity contribution in [3.8, 4) is 0 Å². The van der Waals surface area contributed by atoms with E-state index < -0.39 is 27.6 Å². The normalized spacial score (nSPS) is 11.2. The molecule has 0 saturated carbocycles. The number of nitrogens with one attached hydrogen (secondary N) is 1. The molecule has 0 fully saturated rings. The van der Waals surface area contributed by atoms with Gasteiger partial charge in [-0.05, 0) is 41.3 Å². The van der Waals surface area contributed by atoms with E-state index in [1.54, 1.807) is 23.6 Å². The summed E-state index contributed by atoms with van der Waals surface area (Å²) in [6.45, 7) is -0.0972. The summed E-state index contributed by atoms with van der Waals surface area (Å²) in [7, 11) is -2.47. The summed E-state index contributed by atoms with van der Waals surface area (Å²) in [5, 5.41) is 4.16. The van der Waals surface area contributed by atoms with Crippen molar-refractivity contribution < 1.29 is 22.0 Å². The number of halogens is 2. The zero-order valence-corrected chi connectivity index (χ0v) is 16.4. The van der Waals surface area contributed by atoms with Crippen molar-refractivity contribution in [2.75, 3.05) is 11.4 Å². The molecule has 0 spiro atoms. The van der Waals surface area contributed by atoms with Crippen molar-refractivity contribution in [3.63, 3.8) is 0 Å². The molecule has 0 aliphatic carbocycles. The van der Waals surface area contributed by atoms with Crippen molar-refractivity contribution in [2.45, 2.75) is 11.4 Å². The second-order valence-corrected chi connectivity index (χ2v) is 8.77. The number of nitrogens with zero attached hydrogens (tertiary/aromatic N) is 1. The highest BCUT2D eigenvalue weighted by Gasteiger charge is 2.26. The first-order valence-corrected chi connectivity index (χ1v) is 10.5. The molecule has 0 aliphatic rings. The minimum atomic E-state index is -3.84. The van der Waals surface area contributed by atoms with Crippen LogP contribution in [0.4, 0.5) is 14.5 Å². The molecule has 5 nitrogen and oxygen atoms in total. The van der Waals surface area contributed by atoms with Crippen LogP contribution in [0.1, 0.15) is 15.2 Å². The fraction of sp³-hybridized carbons (Fsp3) is 0.105. The first-order valence-electron chi connectivity index (χ1n) is 8.13. The summed E-state index contributed by atoms with van der Waals surface area (Å²) in [5.74, 6) is -2.02. The second kappa shape index (κ2) is 8.07. The number of amides is 1. The number of anilines is 1. The lowest BCUT2D eigenvalue weighted by atomic mass is 10.2. The fourth-order valence-corrected chi connectivity index (χ4v) is 4.70. The highest BCUT2D eigenvalue weighted by molar-refractivity contribution is 7.92. The molecule has 3 aromatic rings. The minimum Gasteiger partial charge on any atom is -0.347 e. The molecule has 28 heavy (non-hydrogen) atoms. The number of hydrogen-bond donors (Lipinski definition) is 1. The lowest BCUT2D eigenvalue weighted by Gasteiger charge is -2.19. The van der Waals surface area contributed by atoms with Crippen molar-refractivity contribution in [2.24, 2.45) is 0 Å². The predicted molar refractivity (Wildman–Crippen MR) is 104 cm³/mol. The number of hydrogen-bond acceptors (Lipinski definition) is 4. The van der Waals surface area contributed by atoms with E-state index in [4.69, 9.17) is 0 Å². The molecule has 1 N–H and O–H groups in total. The molecule has 0 bridgehead atoms. The molecule has 0 aliphatic heterocycles. The minimum absolute atomic E-state index is 0.0972. The third kappa shape index (κ3) is 4.20. The van der Waals surface area contributed by atoms with Gasteiger partial charge in [-0.1, -0.05) is 18.2 Å². The van der Waals surface area contributed by atoms with Gasteiger partial charge in [0.15, 0.2) is 0 Å². The quantitative estimate of drug-likeness (QED) is 0.657. The Morgan fingerprint density at radius 2 is 1.71 bits per heavy atom. The summed E-state index contributed by atoms with van der Waals surface area (Å²) in [4.78, 5) is 12.8. The third-order valence-electron chi connectivity index (χ3n) is 3.97. The van der Waals surface area contributed by atoms with Crippen LogP contribution < -0.4 is 9.62 Å². The lowest BCUT2D eigenvalue weighted by Crippen LogP contribution is -2.29. The monoisotopic (exact) mass is 422 g/mol. The van der Waals surface area contributed by atoms with Gasteiger partial charge in [0.1, 0.15) is 16.5 Å². The lowest BCUT2D eigenvalue weighted by molar-refractivity contribution is 0.0955. The van der Waals surface area contributed by atoms with Crippen LogP contribution in [0, 0.1) is 11.6 Å². The number of benzene rings is 2. The van der Waals surface area contributed by atoms with Crippen LogP contribution in [0.15, 0.2) is 64.9 Å². The average molecular weight is 422 g/mol. The van der Waals surface area contributed by atoms with Gasteiger partial charge in [0.2, 0.25) is 0 Å². The Morgan fingerprint density at radius 3 is 2.36 bits per heavy atom. The van der Waals surface area contributed by atoms with Crippen LogP contribution in [-0.2, 0) is 16.6 Å².